The summed E-state index contributed by atoms with van der Waals surface area (Å²) in [4.78, 5) is 33.8. The van der Waals surface area contributed by atoms with Crippen molar-refractivity contribution in [3.63, 3.8) is 0 Å². The number of ether oxygens (including phenoxy) is 2. The Morgan fingerprint density at radius 1 is 1.41 bits per heavy atom. The number of piperazine rings is 1. The van der Waals surface area contributed by atoms with Crippen LogP contribution in [-0.2, 0) is 14.3 Å². The molecule has 2 rings (SSSR count). The van der Waals surface area contributed by atoms with Crippen LogP contribution in [0.4, 0.5) is 11.4 Å². The Morgan fingerprint density at radius 3 is 2.52 bits per heavy atom. The fourth-order valence-corrected chi connectivity index (χ4v) is 2.50. The molecule has 1 heterocycles. The number of rotatable bonds is 4. The highest BCUT2D eigenvalue weighted by molar-refractivity contribution is 5.91. The maximum absolute atomic E-state index is 11.5. The van der Waals surface area contributed by atoms with Crippen molar-refractivity contribution in [2.45, 2.75) is 39.3 Å². The van der Waals surface area contributed by atoms with Gasteiger partial charge in [-0.2, -0.15) is 0 Å². The molecule has 27 heavy (non-hydrogen) atoms. The minimum Gasteiger partial charge on any atom is -0.465 e. The average Bonchev–Trinajstić information content (AvgIpc) is 2.60. The number of nitro benzene ring substituents is 1. The number of nitro groups is 1. The smallest absolute Gasteiger partial charge is 0.338 e. The summed E-state index contributed by atoms with van der Waals surface area (Å²) in [6, 6.07) is 4.61. The van der Waals surface area contributed by atoms with Crippen LogP contribution in [0.25, 0.3) is 0 Å². The Labute approximate surface area is 158 Å². The number of nitrogens with one attached hydrogen (secondary N) is 1. The molecule has 0 amide bonds. The van der Waals surface area contributed by atoms with E-state index in [1.165, 1.54) is 13.2 Å². The molecular weight excluding hydrogens is 354 g/mol. The monoisotopic (exact) mass is 381 g/mol. The minimum atomic E-state index is -0.576. The number of nitrogens with zero attached hydrogens (tertiary/aromatic N) is 2. The summed E-state index contributed by atoms with van der Waals surface area (Å²) in [5.74, 6) is -0.576. The second-order valence-corrected chi connectivity index (χ2v) is 7.03. The number of esters is 1. The molecule has 1 aliphatic rings. The maximum atomic E-state index is 11.5. The molecule has 0 radical (unpaired) electrons. The lowest BCUT2D eigenvalue weighted by Crippen LogP contribution is -2.50. The lowest BCUT2D eigenvalue weighted by atomic mass is 10.1. The van der Waals surface area contributed by atoms with Crippen LogP contribution in [0.3, 0.4) is 0 Å². The molecule has 0 saturated carbocycles. The van der Waals surface area contributed by atoms with E-state index >= 15 is 0 Å². The molecule has 1 aromatic carbocycles. The molecule has 0 bridgehead atoms. The molecule has 0 unspecified atom stereocenters. The third-order valence-electron chi connectivity index (χ3n) is 3.81. The minimum absolute atomic E-state index is 0.0679. The molecular formula is C18H27N3O6. The number of hydrogen-bond acceptors (Lipinski definition) is 8. The molecule has 150 valence electrons. The van der Waals surface area contributed by atoms with Crippen LogP contribution in [-0.4, -0.2) is 55.8 Å². The zero-order valence-electron chi connectivity index (χ0n) is 16.4. The van der Waals surface area contributed by atoms with Crippen molar-refractivity contribution < 1.29 is 24.0 Å². The summed E-state index contributed by atoms with van der Waals surface area (Å²) in [6.07, 6.45) is 0. The van der Waals surface area contributed by atoms with Gasteiger partial charge in [0.15, 0.2) is 0 Å². The van der Waals surface area contributed by atoms with Crippen molar-refractivity contribution >= 4 is 23.8 Å². The van der Waals surface area contributed by atoms with Gasteiger partial charge in [0.2, 0.25) is 0 Å². The van der Waals surface area contributed by atoms with Crippen molar-refractivity contribution in [3.8, 4) is 0 Å². The number of hydrogen-bond donors (Lipinski definition) is 1. The highest BCUT2D eigenvalue weighted by Gasteiger charge is 2.26. The predicted molar refractivity (Wildman–Crippen MR) is 101 cm³/mol. The molecule has 1 atom stereocenters. The van der Waals surface area contributed by atoms with Gasteiger partial charge in [0.25, 0.3) is 12.2 Å². The largest absolute Gasteiger partial charge is 0.465 e. The Morgan fingerprint density at radius 2 is 2.07 bits per heavy atom. The number of carbonyl (C=O) groups is 2. The first-order chi connectivity index (χ1) is 12.6. The van der Waals surface area contributed by atoms with E-state index in [1.54, 1.807) is 12.1 Å². The number of carbonyl (C=O) groups excluding carboxylic acids is 2. The van der Waals surface area contributed by atoms with E-state index < -0.39 is 10.9 Å². The molecule has 9 heteroatoms. The number of anilines is 1. The first kappa shape index (κ1) is 22.4. The van der Waals surface area contributed by atoms with Gasteiger partial charge in [-0.05, 0) is 39.8 Å². The summed E-state index contributed by atoms with van der Waals surface area (Å²) in [5, 5.41) is 14.5. The van der Waals surface area contributed by atoms with Crippen molar-refractivity contribution in [2.75, 3.05) is 31.6 Å². The van der Waals surface area contributed by atoms with Crippen LogP contribution in [0, 0.1) is 10.1 Å². The van der Waals surface area contributed by atoms with Crippen LogP contribution < -0.4 is 10.2 Å². The second-order valence-electron chi connectivity index (χ2n) is 7.03. The molecule has 1 N–H and O–H groups in total. The Hall–Kier alpha value is -2.68. The van der Waals surface area contributed by atoms with Crippen LogP contribution >= 0.6 is 0 Å². The van der Waals surface area contributed by atoms with Gasteiger partial charge < -0.3 is 19.7 Å². The fourth-order valence-electron chi connectivity index (χ4n) is 2.50. The van der Waals surface area contributed by atoms with Gasteiger partial charge in [0.1, 0.15) is 11.3 Å². The van der Waals surface area contributed by atoms with Gasteiger partial charge >= 0.3 is 5.97 Å². The average molecular weight is 381 g/mol. The maximum Gasteiger partial charge on any atom is 0.338 e. The molecule has 1 aliphatic heterocycles. The van der Waals surface area contributed by atoms with E-state index in [1.807, 2.05) is 32.6 Å². The SMILES string of the molecule is CC(C)(C)OC=O.COC(=O)c1ccc(N2CCNC[C@H]2C)c([N+](=O)[O-])c1. The lowest BCUT2D eigenvalue weighted by Gasteiger charge is -2.35. The van der Waals surface area contributed by atoms with Crippen molar-refractivity contribution in [3.05, 3.63) is 33.9 Å². The molecule has 1 saturated heterocycles. The van der Waals surface area contributed by atoms with Gasteiger partial charge in [-0.15, -0.1) is 0 Å². The topological polar surface area (TPSA) is 111 Å². The molecule has 0 aliphatic carbocycles. The van der Waals surface area contributed by atoms with E-state index in [-0.39, 0.29) is 22.9 Å². The van der Waals surface area contributed by atoms with E-state index in [0.717, 1.165) is 13.1 Å². The van der Waals surface area contributed by atoms with Crippen LogP contribution in [0.1, 0.15) is 38.1 Å². The highest BCUT2D eigenvalue weighted by Crippen LogP contribution is 2.31. The van der Waals surface area contributed by atoms with Gasteiger partial charge in [-0.3, -0.25) is 14.9 Å². The zero-order valence-corrected chi connectivity index (χ0v) is 16.4. The summed E-state index contributed by atoms with van der Waals surface area (Å²) in [7, 11) is 1.25. The van der Waals surface area contributed by atoms with Gasteiger partial charge in [-0.25, -0.2) is 4.79 Å². The van der Waals surface area contributed by atoms with E-state index in [2.05, 4.69) is 14.8 Å². The van der Waals surface area contributed by atoms with Crippen LogP contribution in [0.2, 0.25) is 0 Å². The first-order valence-corrected chi connectivity index (χ1v) is 8.56. The van der Waals surface area contributed by atoms with Crippen LogP contribution in [0.5, 0.6) is 0 Å². The van der Waals surface area contributed by atoms with E-state index in [0.29, 0.717) is 18.7 Å². The van der Waals surface area contributed by atoms with Crippen LogP contribution in [0.15, 0.2) is 18.2 Å². The van der Waals surface area contributed by atoms with Gasteiger partial charge in [0, 0.05) is 31.7 Å². The van der Waals surface area contributed by atoms with Crippen molar-refractivity contribution in [1.82, 2.24) is 5.32 Å². The van der Waals surface area contributed by atoms with E-state index in [4.69, 9.17) is 0 Å². The zero-order chi connectivity index (χ0) is 20.6. The molecule has 0 aromatic heterocycles. The third-order valence-corrected chi connectivity index (χ3v) is 3.81. The Balaban J connectivity index is 0.000000445. The Bertz CT molecular complexity index is 672. The van der Waals surface area contributed by atoms with Gasteiger partial charge in [-0.1, -0.05) is 0 Å². The third kappa shape index (κ3) is 6.86. The summed E-state index contributed by atoms with van der Waals surface area (Å²) >= 11 is 0. The quantitative estimate of drug-likeness (QED) is 0.365. The summed E-state index contributed by atoms with van der Waals surface area (Å²) < 4.78 is 9.14. The molecule has 9 nitrogen and oxygen atoms in total. The highest BCUT2D eigenvalue weighted by atomic mass is 16.6. The first-order valence-electron chi connectivity index (χ1n) is 8.56. The molecule has 1 aromatic rings. The number of methoxy groups -OCH3 is 1. The molecule has 1 fully saturated rings. The number of benzene rings is 1. The summed E-state index contributed by atoms with van der Waals surface area (Å²) in [6.45, 7) is 10.2. The fraction of sp³-hybridized carbons (Fsp3) is 0.556. The predicted octanol–water partition coefficient (Wildman–Crippen LogP) is 2.14. The second kappa shape index (κ2) is 9.86. The standard InChI is InChI=1S/C13H17N3O4.C5H10O2/c1-9-8-14-5-6-15(9)11-4-3-10(13(17)20-2)7-12(11)16(18)19;1-5(2,3)7-4-6/h3-4,7,9,14H,5-6,8H2,1-2H3;4H,1-3H3/t9-;/m1./s1. The van der Waals surface area contributed by atoms with E-state index in [9.17, 15) is 19.7 Å². The summed E-state index contributed by atoms with van der Waals surface area (Å²) in [5.41, 5.74) is 0.339. The van der Waals surface area contributed by atoms with Crippen molar-refractivity contribution in [2.24, 2.45) is 0 Å². The normalized spacial score (nSPS) is 16.6. The molecule has 0 spiro atoms. The lowest BCUT2D eigenvalue weighted by molar-refractivity contribution is -0.384. The van der Waals surface area contributed by atoms with Crippen molar-refractivity contribution in [1.29, 1.82) is 0 Å². The van der Waals surface area contributed by atoms with Gasteiger partial charge in [0.05, 0.1) is 17.6 Å². The Kier molecular flexibility index (Phi) is 8.17.